The molecule has 0 bridgehead atoms. The molecule has 0 radical (unpaired) electrons. The number of unbranched alkanes of at least 4 members (excludes halogenated alkanes) is 2. The van der Waals surface area contributed by atoms with Crippen molar-refractivity contribution in [2.75, 3.05) is 11.9 Å². The number of carbonyl (C=O) groups is 1. The lowest BCUT2D eigenvalue weighted by Gasteiger charge is -2.31. The Bertz CT molecular complexity index is 597. The monoisotopic (exact) mass is 346 g/mol. The summed E-state index contributed by atoms with van der Waals surface area (Å²) in [5.41, 5.74) is 0.881. The van der Waals surface area contributed by atoms with Gasteiger partial charge in [0.25, 0.3) is 5.79 Å². The van der Waals surface area contributed by atoms with E-state index in [1.165, 1.54) is 6.42 Å². The van der Waals surface area contributed by atoms with Crippen LogP contribution in [0, 0.1) is 0 Å². The molecule has 1 amide bonds. The maximum absolute atomic E-state index is 12.2. The molecule has 1 aromatic carbocycles. The molecule has 2 N–H and O–H groups in total. The Kier molecular flexibility index (Phi) is 5.71. The first kappa shape index (κ1) is 17.9. The van der Waals surface area contributed by atoms with E-state index in [9.17, 15) is 4.79 Å². The number of rotatable bonds is 7. The van der Waals surface area contributed by atoms with Crippen molar-refractivity contribution in [3.63, 3.8) is 0 Å². The third-order valence-electron chi connectivity index (χ3n) is 5.01. The highest BCUT2D eigenvalue weighted by Crippen LogP contribution is 2.46. The number of amides is 1. The second-order valence-electron chi connectivity index (χ2n) is 7.20. The van der Waals surface area contributed by atoms with Crippen molar-refractivity contribution in [1.82, 2.24) is 5.32 Å². The molecular weight excluding hydrogens is 316 g/mol. The van der Waals surface area contributed by atoms with Gasteiger partial charge in [-0.25, -0.2) is 0 Å². The van der Waals surface area contributed by atoms with Gasteiger partial charge >= 0.3 is 0 Å². The quantitative estimate of drug-likeness (QED) is 0.726. The molecule has 1 fully saturated rings. The van der Waals surface area contributed by atoms with Crippen molar-refractivity contribution < 1.29 is 14.3 Å². The Morgan fingerprint density at radius 2 is 1.92 bits per heavy atom. The molecule has 25 heavy (non-hydrogen) atoms. The van der Waals surface area contributed by atoms with Gasteiger partial charge in [-0.15, -0.1) is 0 Å². The Labute approximate surface area is 150 Å². The van der Waals surface area contributed by atoms with Gasteiger partial charge in [-0.1, -0.05) is 26.2 Å². The van der Waals surface area contributed by atoms with E-state index in [2.05, 4.69) is 17.6 Å². The van der Waals surface area contributed by atoms with Gasteiger partial charge in [-0.2, -0.15) is 0 Å². The van der Waals surface area contributed by atoms with Gasteiger partial charge in [-0.05, 0) is 38.3 Å². The molecule has 0 saturated heterocycles. The molecule has 2 aliphatic rings. The van der Waals surface area contributed by atoms with Crippen LogP contribution in [0.4, 0.5) is 5.69 Å². The predicted molar refractivity (Wildman–Crippen MR) is 99.1 cm³/mol. The number of nitrogens with one attached hydrogen (secondary N) is 2. The summed E-state index contributed by atoms with van der Waals surface area (Å²) in [6.07, 6.45) is 8.77. The first-order chi connectivity index (χ1) is 12.1. The van der Waals surface area contributed by atoms with Crippen LogP contribution in [0.25, 0.3) is 0 Å². The van der Waals surface area contributed by atoms with E-state index in [1.807, 2.05) is 25.1 Å². The second-order valence-corrected chi connectivity index (χ2v) is 7.20. The summed E-state index contributed by atoms with van der Waals surface area (Å²) in [4.78, 5) is 12.2. The van der Waals surface area contributed by atoms with Crippen LogP contribution in [-0.2, 0) is 4.79 Å². The summed E-state index contributed by atoms with van der Waals surface area (Å²) in [5, 5.41) is 6.24. The van der Waals surface area contributed by atoms with Crippen LogP contribution in [0.5, 0.6) is 11.5 Å². The zero-order valence-electron chi connectivity index (χ0n) is 15.4. The highest BCUT2D eigenvalue weighted by Gasteiger charge is 2.42. The average molecular weight is 346 g/mol. The van der Waals surface area contributed by atoms with Crippen molar-refractivity contribution in [3.8, 4) is 11.5 Å². The van der Waals surface area contributed by atoms with E-state index < -0.39 is 5.79 Å². The maximum atomic E-state index is 12.2. The lowest BCUT2D eigenvalue weighted by molar-refractivity contribution is -0.121. The summed E-state index contributed by atoms with van der Waals surface area (Å²) >= 11 is 0. The Hall–Kier alpha value is -1.91. The van der Waals surface area contributed by atoms with Gasteiger partial charge < -0.3 is 20.1 Å². The molecule has 1 saturated carbocycles. The number of anilines is 1. The first-order valence-corrected chi connectivity index (χ1v) is 9.68. The number of fused-ring (bicyclic) bond motifs is 1. The first-order valence-electron chi connectivity index (χ1n) is 9.68. The van der Waals surface area contributed by atoms with Crippen molar-refractivity contribution in [2.24, 2.45) is 0 Å². The Morgan fingerprint density at radius 1 is 1.16 bits per heavy atom. The molecule has 1 spiro atoms. The van der Waals surface area contributed by atoms with Crippen LogP contribution < -0.4 is 20.1 Å². The normalized spacial score (nSPS) is 18.8. The number of carbonyl (C=O) groups excluding carboxylic acids is 1. The SMILES string of the molecule is CCCCCNC(=O)C(C)Nc1ccc2c(c1)OC1(CCCCC1)O2. The van der Waals surface area contributed by atoms with Crippen LogP contribution in [0.2, 0.25) is 0 Å². The molecular formula is C20H30N2O3. The Balaban J connectivity index is 1.55. The highest BCUT2D eigenvalue weighted by atomic mass is 16.7. The lowest BCUT2D eigenvalue weighted by Crippen LogP contribution is -2.40. The molecule has 5 heteroatoms. The zero-order valence-corrected chi connectivity index (χ0v) is 15.4. The molecule has 3 rings (SSSR count). The van der Waals surface area contributed by atoms with Gasteiger partial charge in [0, 0.05) is 31.1 Å². The summed E-state index contributed by atoms with van der Waals surface area (Å²) in [6.45, 7) is 4.77. The molecule has 0 aromatic heterocycles. The van der Waals surface area contributed by atoms with Crippen molar-refractivity contribution >= 4 is 11.6 Å². The van der Waals surface area contributed by atoms with Gasteiger partial charge in [0.05, 0.1) is 0 Å². The minimum atomic E-state index is -0.457. The fraction of sp³-hybridized carbons (Fsp3) is 0.650. The fourth-order valence-corrected chi connectivity index (χ4v) is 3.53. The van der Waals surface area contributed by atoms with Crippen LogP contribution in [0.3, 0.4) is 0 Å². The van der Waals surface area contributed by atoms with Crippen molar-refractivity contribution in [3.05, 3.63) is 18.2 Å². The Morgan fingerprint density at radius 3 is 2.68 bits per heavy atom. The van der Waals surface area contributed by atoms with Crippen LogP contribution >= 0.6 is 0 Å². The molecule has 1 heterocycles. The third-order valence-corrected chi connectivity index (χ3v) is 5.01. The molecule has 1 unspecified atom stereocenters. The highest BCUT2D eigenvalue weighted by molar-refractivity contribution is 5.84. The summed E-state index contributed by atoms with van der Waals surface area (Å²) in [7, 11) is 0. The van der Waals surface area contributed by atoms with E-state index in [4.69, 9.17) is 9.47 Å². The smallest absolute Gasteiger partial charge is 0.251 e. The van der Waals surface area contributed by atoms with Crippen LogP contribution in [0.1, 0.15) is 65.2 Å². The van der Waals surface area contributed by atoms with Gasteiger partial charge in [0.1, 0.15) is 6.04 Å². The number of ether oxygens (including phenoxy) is 2. The molecule has 138 valence electrons. The van der Waals surface area contributed by atoms with E-state index >= 15 is 0 Å². The topological polar surface area (TPSA) is 59.6 Å². The third kappa shape index (κ3) is 4.39. The molecule has 1 aliphatic heterocycles. The number of hydrogen-bond acceptors (Lipinski definition) is 4. The number of hydrogen-bond donors (Lipinski definition) is 2. The summed E-state index contributed by atoms with van der Waals surface area (Å²) in [5.74, 6) is 1.16. The van der Waals surface area contributed by atoms with E-state index in [0.717, 1.165) is 68.7 Å². The van der Waals surface area contributed by atoms with E-state index in [-0.39, 0.29) is 11.9 Å². The molecule has 1 atom stereocenters. The molecule has 1 aliphatic carbocycles. The molecule has 5 nitrogen and oxygen atoms in total. The summed E-state index contributed by atoms with van der Waals surface area (Å²) < 4.78 is 12.2. The maximum Gasteiger partial charge on any atom is 0.251 e. The standard InChI is InChI=1S/C20H30N2O3/c1-3-4-8-13-21-19(23)15(2)22-16-9-10-17-18(14-16)25-20(24-17)11-6-5-7-12-20/h9-10,14-15,22H,3-8,11-13H2,1-2H3,(H,21,23). The van der Waals surface area contributed by atoms with Crippen LogP contribution in [0.15, 0.2) is 18.2 Å². The minimum Gasteiger partial charge on any atom is -0.448 e. The van der Waals surface area contributed by atoms with Crippen LogP contribution in [-0.4, -0.2) is 24.3 Å². The molecule has 1 aromatic rings. The van der Waals surface area contributed by atoms with E-state index in [0.29, 0.717) is 0 Å². The van der Waals surface area contributed by atoms with Crippen molar-refractivity contribution in [1.29, 1.82) is 0 Å². The van der Waals surface area contributed by atoms with Gasteiger partial charge in [0.2, 0.25) is 5.91 Å². The van der Waals surface area contributed by atoms with E-state index in [1.54, 1.807) is 0 Å². The lowest BCUT2D eigenvalue weighted by atomic mass is 9.94. The largest absolute Gasteiger partial charge is 0.448 e. The van der Waals surface area contributed by atoms with Gasteiger partial charge in [0.15, 0.2) is 11.5 Å². The minimum absolute atomic E-state index is 0.0255. The summed E-state index contributed by atoms with van der Waals surface area (Å²) in [6, 6.07) is 5.54. The second kappa shape index (κ2) is 7.98. The zero-order chi connectivity index (χ0) is 17.7. The fourth-order valence-electron chi connectivity index (χ4n) is 3.53. The number of benzene rings is 1. The average Bonchev–Trinajstić information content (AvgIpc) is 2.95. The van der Waals surface area contributed by atoms with Gasteiger partial charge in [-0.3, -0.25) is 4.79 Å². The predicted octanol–water partition coefficient (Wildman–Crippen LogP) is 4.23. The van der Waals surface area contributed by atoms with Crippen molar-refractivity contribution in [2.45, 2.75) is 77.0 Å².